The number of H-pyrrole nitrogens is 1. The van der Waals surface area contributed by atoms with E-state index in [0.29, 0.717) is 17.1 Å². The summed E-state index contributed by atoms with van der Waals surface area (Å²) in [5.74, 6) is -0.162. The third-order valence-electron chi connectivity index (χ3n) is 3.42. The first-order valence-electron chi connectivity index (χ1n) is 6.48. The molecule has 0 aliphatic heterocycles. The molecule has 0 radical (unpaired) electrons. The van der Waals surface area contributed by atoms with Crippen molar-refractivity contribution in [2.45, 2.75) is 6.92 Å². The lowest BCUT2D eigenvalue weighted by atomic mass is 10.1. The van der Waals surface area contributed by atoms with Crippen LogP contribution in [-0.2, 0) is 0 Å². The quantitative estimate of drug-likeness (QED) is 0.384. The summed E-state index contributed by atoms with van der Waals surface area (Å²) in [6.07, 6.45) is 0. The highest BCUT2D eigenvalue weighted by Gasteiger charge is 2.20. The normalized spacial score (nSPS) is 10.7. The fourth-order valence-electron chi connectivity index (χ4n) is 2.27. The molecule has 0 atom stereocenters. The summed E-state index contributed by atoms with van der Waals surface area (Å²) < 4.78 is 0.786. The van der Waals surface area contributed by atoms with E-state index in [0.717, 1.165) is 16.0 Å². The van der Waals surface area contributed by atoms with Gasteiger partial charge in [-0.3, -0.25) is 0 Å². The lowest BCUT2D eigenvalue weighted by molar-refractivity contribution is -0.598. The second kappa shape index (κ2) is 4.86. The van der Waals surface area contributed by atoms with E-state index in [1.807, 2.05) is 30.3 Å². The van der Waals surface area contributed by atoms with E-state index in [4.69, 9.17) is 0 Å². The van der Waals surface area contributed by atoms with Crippen molar-refractivity contribution < 1.29 is 14.9 Å². The summed E-state index contributed by atoms with van der Waals surface area (Å²) in [7, 11) is 0. The molecule has 0 spiro atoms. The lowest BCUT2D eigenvalue weighted by Crippen LogP contribution is -2.29. The van der Waals surface area contributed by atoms with Gasteiger partial charge < -0.3 is 15.4 Å². The van der Waals surface area contributed by atoms with Gasteiger partial charge in [-0.2, -0.15) is 0 Å². The van der Waals surface area contributed by atoms with Crippen molar-refractivity contribution in [1.29, 1.82) is 0 Å². The molecule has 5 heteroatoms. The van der Waals surface area contributed by atoms with Gasteiger partial charge in [0.1, 0.15) is 0 Å². The number of nitrogens with zero attached hydrogens (tertiary/aromatic N) is 1. The standard InChI is InChI=1S/C16H14N2O3/c1-10-15(11-5-3-2-4-6-11)17-16(18(10)21)12-7-8-13(19)14(20)9-12/h2-9,17,19-20H,1H3. The van der Waals surface area contributed by atoms with Crippen LogP contribution in [-0.4, -0.2) is 15.2 Å². The summed E-state index contributed by atoms with van der Waals surface area (Å²) in [5.41, 5.74) is 2.69. The van der Waals surface area contributed by atoms with Gasteiger partial charge in [0.15, 0.2) is 22.9 Å². The minimum atomic E-state index is -0.263. The van der Waals surface area contributed by atoms with Crippen molar-refractivity contribution in [3.05, 3.63) is 59.4 Å². The molecule has 0 saturated carbocycles. The first-order valence-corrected chi connectivity index (χ1v) is 6.48. The Morgan fingerprint density at radius 2 is 1.67 bits per heavy atom. The van der Waals surface area contributed by atoms with E-state index in [9.17, 15) is 15.4 Å². The van der Waals surface area contributed by atoms with Crippen molar-refractivity contribution in [1.82, 2.24) is 4.98 Å². The Bertz CT molecular complexity index is 795. The lowest BCUT2D eigenvalue weighted by Gasteiger charge is -2.04. The number of phenols is 2. The highest BCUT2D eigenvalue weighted by atomic mass is 16.5. The Morgan fingerprint density at radius 1 is 0.952 bits per heavy atom. The van der Waals surface area contributed by atoms with Crippen LogP contribution >= 0.6 is 0 Å². The molecule has 106 valence electrons. The van der Waals surface area contributed by atoms with Crippen LogP contribution in [0.1, 0.15) is 5.69 Å². The predicted octanol–water partition coefficient (Wildman–Crippen LogP) is 2.70. The predicted molar refractivity (Wildman–Crippen MR) is 78.7 cm³/mol. The number of benzene rings is 2. The molecule has 3 aromatic rings. The Hall–Kier alpha value is -2.95. The van der Waals surface area contributed by atoms with Crippen molar-refractivity contribution in [2.24, 2.45) is 0 Å². The zero-order chi connectivity index (χ0) is 15.0. The summed E-state index contributed by atoms with van der Waals surface area (Å²) in [6, 6.07) is 13.8. The number of phenolic OH excluding ortho intramolecular Hbond substituents is 2. The van der Waals surface area contributed by atoms with Gasteiger partial charge in [0.05, 0.1) is 5.56 Å². The summed E-state index contributed by atoms with van der Waals surface area (Å²) in [6.45, 7) is 1.73. The molecule has 1 aromatic heterocycles. The molecule has 3 rings (SSSR count). The van der Waals surface area contributed by atoms with Crippen molar-refractivity contribution in [3.63, 3.8) is 0 Å². The van der Waals surface area contributed by atoms with Crippen molar-refractivity contribution in [3.8, 4) is 34.1 Å². The molecule has 0 amide bonds. The van der Waals surface area contributed by atoms with Gasteiger partial charge in [0.2, 0.25) is 0 Å². The maximum Gasteiger partial charge on any atom is 0.290 e. The monoisotopic (exact) mass is 282 g/mol. The highest BCUT2D eigenvalue weighted by Crippen LogP contribution is 2.30. The van der Waals surface area contributed by atoms with E-state index >= 15 is 0 Å². The van der Waals surface area contributed by atoms with E-state index in [1.165, 1.54) is 12.1 Å². The second-order valence-electron chi connectivity index (χ2n) is 4.80. The number of hydrogen-bond donors (Lipinski definition) is 3. The third kappa shape index (κ3) is 2.18. The zero-order valence-electron chi connectivity index (χ0n) is 11.4. The average molecular weight is 282 g/mol. The molecule has 0 bridgehead atoms. The van der Waals surface area contributed by atoms with Crippen LogP contribution in [0.3, 0.4) is 0 Å². The van der Waals surface area contributed by atoms with Gasteiger partial charge in [-0.25, -0.2) is 9.71 Å². The van der Waals surface area contributed by atoms with Crippen LogP contribution in [0.2, 0.25) is 0 Å². The summed E-state index contributed by atoms with van der Waals surface area (Å²) in [4.78, 5) is 3.09. The summed E-state index contributed by atoms with van der Waals surface area (Å²) in [5, 5.41) is 31.2. The van der Waals surface area contributed by atoms with Gasteiger partial charge in [-0.05, 0) is 18.2 Å². The van der Waals surface area contributed by atoms with E-state index in [2.05, 4.69) is 4.98 Å². The van der Waals surface area contributed by atoms with Crippen LogP contribution < -0.4 is 4.73 Å². The molecule has 2 aromatic carbocycles. The van der Waals surface area contributed by atoms with Crippen LogP contribution in [0.4, 0.5) is 0 Å². The second-order valence-corrected chi connectivity index (χ2v) is 4.80. The average Bonchev–Trinajstić information content (AvgIpc) is 2.79. The number of hydrogen-bond acceptors (Lipinski definition) is 3. The fraction of sp³-hybridized carbons (Fsp3) is 0.0625. The molecule has 0 saturated heterocycles. The molecule has 5 nitrogen and oxygen atoms in total. The zero-order valence-corrected chi connectivity index (χ0v) is 11.4. The number of nitrogens with one attached hydrogen (secondary N) is 1. The Kier molecular flexibility index (Phi) is 3.02. The highest BCUT2D eigenvalue weighted by molar-refractivity contribution is 5.66. The smallest absolute Gasteiger partial charge is 0.290 e. The molecule has 21 heavy (non-hydrogen) atoms. The van der Waals surface area contributed by atoms with Crippen LogP contribution in [0.25, 0.3) is 22.6 Å². The SMILES string of the molecule is Cc1c(-c2ccccc2)[nH]c(-c2ccc(O)c(O)c2)[n+]1[O-]. The van der Waals surface area contributed by atoms with Gasteiger partial charge >= 0.3 is 0 Å². The minimum absolute atomic E-state index is 0.220. The number of rotatable bonds is 2. The van der Waals surface area contributed by atoms with Crippen LogP contribution in [0, 0.1) is 12.1 Å². The Balaban J connectivity index is 2.15. The van der Waals surface area contributed by atoms with Crippen molar-refractivity contribution >= 4 is 0 Å². The molecule has 0 fully saturated rings. The van der Waals surface area contributed by atoms with Crippen LogP contribution in [0.15, 0.2) is 48.5 Å². The Morgan fingerprint density at radius 3 is 2.33 bits per heavy atom. The fourth-order valence-corrected chi connectivity index (χ4v) is 2.27. The first kappa shape index (κ1) is 13.1. The van der Waals surface area contributed by atoms with Gasteiger partial charge in [-0.1, -0.05) is 30.3 Å². The third-order valence-corrected chi connectivity index (χ3v) is 3.42. The van der Waals surface area contributed by atoms with E-state index in [1.54, 1.807) is 13.0 Å². The Labute approximate surface area is 121 Å². The molecule has 3 N–H and O–H groups in total. The molecular weight excluding hydrogens is 268 g/mol. The summed E-state index contributed by atoms with van der Waals surface area (Å²) >= 11 is 0. The minimum Gasteiger partial charge on any atom is -0.710 e. The van der Waals surface area contributed by atoms with Gasteiger partial charge in [0, 0.05) is 12.5 Å². The maximum atomic E-state index is 12.3. The molecule has 0 aliphatic rings. The topological polar surface area (TPSA) is 83.2 Å². The molecule has 1 heterocycles. The van der Waals surface area contributed by atoms with E-state index < -0.39 is 0 Å². The maximum absolute atomic E-state index is 12.3. The number of aromatic nitrogens is 2. The van der Waals surface area contributed by atoms with Gasteiger partial charge in [-0.15, -0.1) is 0 Å². The number of aromatic amines is 1. The number of imidazole rings is 1. The van der Waals surface area contributed by atoms with Gasteiger partial charge in [0.25, 0.3) is 5.82 Å². The van der Waals surface area contributed by atoms with Crippen LogP contribution in [0.5, 0.6) is 11.5 Å². The largest absolute Gasteiger partial charge is 0.710 e. The molecular formula is C16H14N2O3. The molecule has 0 unspecified atom stereocenters. The van der Waals surface area contributed by atoms with Crippen molar-refractivity contribution in [2.75, 3.05) is 0 Å². The van der Waals surface area contributed by atoms with E-state index in [-0.39, 0.29) is 11.5 Å². The molecule has 0 aliphatic carbocycles. The first-order chi connectivity index (χ1) is 10.1. The number of aromatic hydroxyl groups is 2.